The Balaban J connectivity index is 2.55. The minimum Gasteiger partial charge on any atom is -0.299 e. The van der Waals surface area contributed by atoms with Gasteiger partial charge in [0, 0.05) is 12.0 Å². The summed E-state index contributed by atoms with van der Waals surface area (Å²) in [6, 6.07) is 7.33. The van der Waals surface area contributed by atoms with E-state index < -0.39 is 5.92 Å². The quantitative estimate of drug-likeness (QED) is 0.560. The summed E-state index contributed by atoms with van der Waals surface area (Å²) in [6.45, 7) is 1.68. The molecule has 1 aromatic rings. The molecular weight excluding hydrogens is 164 g/mol. The van der Waals surface area contributed by atoms with Crippen molar-refractivity contribution in [3.05, 3.63) is 35.4 Å². The molecule has 0 amide bonds. The smallest absolute Gasteiger partial charge is 0.173 e. The van der Waals surface area contributed by atoms with Crippen molar-refractivity contribution in [2.45, 2.75) is 13.3 Å². The van der Waals surface area contributed by atoms with Crippen LogP contribution in [0.15, 0.2) is 24.3 Å². The van der Waals surface area contributed by atoms with Crippen molar-refractivity contribution in [1.29, 1.82) is 0 Å². The minimum absolute atomic E-state index is 0.0312. The van der Waals surface area contributed by atoms with Crippen LogP contribution in [-0.2, 0) is 11.2 Å². The molecule has 0 radical (unpaired) electrons. The van der Waals surface area contributed by atoms with Gasteiger partial charge in [0.2, 0.25) is 0 Å². The van der Waals surface area contributed by atoms with Crippen LogP contribution < -0.4 is 0 Å². The molecule has 1 atom stereocenters. The zero-order chi connectivity index (χ0) is 9.42. The van der Waals surface area contributed by atoms with Gasteiger partial charge in [0.15, 0.2) is 5.78 Å². The molecule has 0 saturated heterocycles. The van der Waals surface area contributed by atoms with E-state index >= 15 is 0 Å². The highest BCUT2D eigenvalue weighted by Gasteiger charge is 2.29. The molecule has 1 unspecified atom stereocenters. The Kier molecular flexibility index (Phi) is 1.76. The first kappa shape index (κ1) is 8.17. The van der Waals surface area contributed by atoms with Crippen molar-refractivity contribution in [3.63, 3.8) is 0 Å². The lowest BCUT2D eigenvalue weighted by atomic mass is 9.83. The van der Waals surface area contributed by atoms with Crippen LogP contribution in [0.5, 0.6) is 0 Å². The lowest BCUT2D eigenvalue weighted by Gasteiger charge is -2.18. The van der Waals surface area contributed by atoms with E-state index in [-0.39, 0.29) is 11.6 Å². The summed E-state index contributed by atoms with van der Waals surface area (Å²) in [5.41, 5.74) is 1.59. The highest BCUT2D eigenvalue weighted by molar-refractivity contribution is 6.14. The van der Waals surface area contributed by atoms with Gasteiger partial charge in [0.1, 0.15) is 5.78 Å². The van der Waals surface area contributed by atoms with Crippen LogP contribution in [0.3, 0.4) is 0 Å². The van der Waals surface area contributed by atoms with E-state index in [1.165, 1.54) is 0 Å². The predicted molar refractivity (Wildman–Crippen MR) is 48.6 cm³/mol. The second-order valence-corrected chi connectivity index (χ2v) is 3.39. The molecule has 0 aliphatic heterocycles. The van der Waals surface area contributed by atoms with Crippen molar-refractivity contribution >= 4 is 11.6 Å². The van der Waals surface area contributed by atoms with Crippen LogP contribution in [0, 0.1) is 5.92 Å². The van der Waals surface area contributed by atoms with E-state index in [2.05, 4.69) is 0 Å². The maximum absolute atomic E-state index is 11.6. The number of rotatable bonds is 0. The Morgan fingerprint density at radius 3 is 2.69 bits per heavy atom. The second kappa shape index (κ2) is 2.80. The number of carbonyl (C=O) groups excluding carboxylic acids is 2. The maximum Gasteiger partial charge on any atom is 0.173 e. The molecule has 2 nitrogen and oxygen atoms in total. The third kappa shape index (κ3) is 1.18. The summed E-state index contributed by atoms with van der Waals surface area (Å²) in [5.74, 6) is -0.453. The first-order valence-corrected chi connectivity index (χ1v) is 4.35. The molecule has 1 aromatic carbocycles. The third-order valence-electron chi connectivity index (χ3n) is 2.52. The molecule has 66 valence electrons. The average Bonchev–Trinajstić information content (AvgIpc) is 2.15. The van der Waals surface area contributed by atoms with Crippen molar-refractivity contribution in [1.82, 2.24) is 0 Å². The fourth-order valence-corrected chi connectivity index (χ4v) is 1.64. The summed E-state index contributed by atoms with van der Waals surface area (Å²) in [7, 11) is 0. The van der Waals surface area contributed by atoms with Crippen molar-refractivity contribution in [3.8, 4) is 0 Å². The largest absolute Gasteiger partial charge is 0.299 e. The normalized spacial score (nSPS) is 21.5. The van der Waals surface area contributed by atoms with Gasteiger partial charge in [-0.25, -0.2) is 0 Å². The minimum atomic E-state index is -0.449. The molecule has 0 bridgehead atoms. The van der Waals surface area contributed by atoms with E-state index in [1.807, 2.05) is 18.2 Å². The topological polar surface area (TPSA) is 34.1 Å². The van der Waals surface area contributed by atoms with Gasteiger partial charge in [0.05, 0.1) is 5.92 Å². The predicted octanol–water partition coefficient (Wildman–Crippen LogP) is 1.63. The Labute approximate surface area is 76.6 Å². The lowest BCUT2D eigenvalue weighted by molar-refractivity contribution is -0.120. The molecular formula is C11H10O2. The van der Waals surface area contributed by atoms with Crippen molar-refractivity contribution in [2.24, 2.45) is 5.92 Å². The number of hydrogen-bond donors (Lipinski definition) is 0. The molecule has 2 heteroatoms. The Morgan fingerprint density at radius 1 is 1.23 bits per heavy atom. The lowest BCUT2D eigenvalue weighted by Crippen LogP contribution is -2.29. The van der Waals surface area contributed by atoms with Crippen LogP contribution >= 0.6 is 0 Å². The monoisotopic (exact) mass is 174 g/mol. The highest BCUT2D eigenvalue weighted by Crippen LogP contribution is 2.22. The van der Waals surface area contributed by atoms with E-state index in [0.29, 0.717) is 6.42 Å². The van der Waals surface area contributed by atoms with Gasteiger partial charge in [-0.1, -0.05) is 24.3 Å². The number of Topliss-reactive ketones (excluding diaryl/α,β-unsaturated/α-hetero) is 2. The Morgan fingerprint density at radius 2 is 1.92 bits per heavy atom. The van der Waals surface area contributed by atoms with E-state index in [0.717, 1.165) is 11.1 Å². The molecule has 0 fully saturated rings. The van der Waals surface area contributed by atoms with Crippen molar-refractivity contribution in [2.75, 3.05) is 0 Å². The number of benzene rings is 1. The SMILES string of the molecule is CC1C(=O)Cc2ccccc2C1=O. The first-order valence-electron chi connectivity index (χ1n) is 4.35. The zero-order valence-corrected chi connectivity index (χ0v) is 7.41. The summed E-state index contributed by atoms with van der Waals surface area (Å²) < 4.78 is 0. The average molecular weight is 174 g/mol. The third-order valence-corrected chi connectivity index (χ3v) is 2.52. The van der Waals surface area contributed by atoms with Gasteiger partial charge in [-0.15, -0.1) is 0 Å². The van der Waals surface area contributed by atoms with Gasteiger partial charge in [0.25, 0.3) is 0 Å². The van der Waals surface area contributed by atoms with E-state index in [1.54, 1.807) is 13.0 Å². The molecule has 2 rings (SSSR count). The number of hydrogen-bond acceptors (Lipinski definition) is 2. The fraction of sp³-hybridized carbons (Fsp3) is 0.273. The van der Waals surface area contributed by atoms with Gasteiger partial charge in [-0.2, -0.15) is 0 Å². The van der Waals surface area contributed by atoms with E-state index in [9.17, 15) is 9.59 Å². The molecule has 0 spiro atoms. The Hall–Kier alpha value is -1.44. The maximum atomic E-state index is 11.6. The zero-order valence-electron chi connectivity index (χ0n) is 7.41. The van der Waals surface area contributed by atoms with Crippen molar-refractivity contribution < 1.29 is 9.59 Å². The number of carbonyl (C=O) groups is 2. The molecule has 13 heavy (non-hydrogen) atoms. The molecule has 0 N–H and O–H groups in total. The summed E-state index contributed by atoms with van der Waals surface area (Å²) >= 11 is 0. The molecule has 0 saturated carbocycles. The van der Waals surface area contributed by atoms with Gasteiger partial charge in [-0.3, -0.25) is 9.59 Å². The van der Waals surface area contributed by atoms with Crippen LogP contribution in [-0.4, -0.2) is 11.6 Å². The Bertz CT molecular complexity index is 379. The van der Waals surface area contributed by atoms with Crippen LogP contribution in [0.1, 0.15) is 22.8 Å². The van der Waals surface area contributed by atoms with E-state index in [4.69, 9.17) is 0 Å². The summed E-state index contributed by atoms with van der Waals surface area (Å²) in [6.07, 6.45) is 0.406. The number of ketones is 2. The van der Waals surface area contributed by atoms with Gasteiger partial charge in [-0.05, 0) is 12.5 Å². The van der Waals surface area contributed by atoms with Crippen LogP contribution in [0.25, 0.3) is 0 Å². The van der Waals surface area contributed by atoms with Crippen LogP contribution in [0.4, 0.5) is 0 Å². The van der Waals surface area contributed by atoms with Gasteiger partial charge < -0.3 is 0 Å². The standard InChI is InChI=1S/C11H10O2/c1-7-10(12)6-8-4-2-3-5-9(8)11(7)13/h2-5,7H,6H2,1H3. The second-order valence-electron chi connectivity index (χ2n) is 3.39. The van der Waals surface area contributed by atoms with Gasteiger partial charge >= 0.3 is 0 Å². The summed E-state index contributed by atoms with van der Waals surface area (Å²) in [4.78, 5) is 23.0. The highest BCUT2D eigenvalue weighted by atomic mass is 16.2. The summed E-state index contributed by atoms with van der Waals surface area (Å²) in [5, 5.41) is 0. The van der Waals surface area contributed by atoms with Crippen LogP contribution in [0.2, 0.25) is 0 Å². The molecule has 0 heterocycles. The first-order chi connectivity index (χ1) is 6.20. The fourth-order valence-electron chi connectivity index (χ4n) is 1.64. The number of fused-ring (bicyclic) bond motifs is 1. The molecule has 1 aliphatic carbocycles. The molecule has 0 aromatic heterocycles. The molecule has 1 aliphatic rings.